The van der Waals surface area contributed by atoms with E-state index < -0.39 is 11.5 Å². The van der Waals surface area contributed by atoms with E-state index >= 15 is 0 Å². The summed E-state index contributed by atoms with van der Waals surface area (Å²) < 4.78 is 5.46. The van der Waals surface area contributed by atoms with E-state index in [0.29, 0.717) is 5.69 Å². The van der Waals surface area contributed by atoms with E-state index in [1.165, 1.54) is 13.3 Å². The van der Waals surface area contributed by atoms with E-state index in [1.807, 2.05) is 0 Å². The summed E-state index contributed by atoms with van der Waals surface area (Å²) in [5, 5.41) is 7.10. The Morgan fingerprint density at radius 3 is 2.89 bits per heavy atom. The maximum absolute atomic E-state index is 11.9. The normalized spacial score (nSPS) is 14.6. The summed E-state index contributed by atoms with van der Waals surface area (Å²) >= 11 is 6.00. The monoisotopic (exact) mass is 283 g/mol. The van der Waals surface area contributed by atoms with E-state index in [-0.39, 0.29) is 17.6 Å². The number of anilines is 1. The minimum atomic E-state index is -0.550. The van der Waals surface area contributed by atoms with Crippen molar-refractivity contribution in [3.63, 3.8) is 0 Å². The molecule has 6 nitrogen and oxygen atoms in total. The van der Waals surface area contributed by atoms with Gasteiger partial charge >= 0.3 is 5.97 Å². The fourth-order valence-corrected chi connectivity index (χ4v) is 2.02. The lowest BCUT2D eigenvalue weighted by Gasteiger charge is -2.14. The zero-order chi connectivity index (χ0) is 13.8. The van der Waals surface area contributed by atoms with Crippen LogP contribution in [0.1, 0.15) is 12.8 Å². The third-order valence-corrected chi connectivity index (χ3v) is 3.22. The molecule has 102 valence electrons. The molecule has 0 aromatic carbocycles. The summed E-state index contributed by atoms with van der Waals surface area (Å²) in [5.74, 6) is -0.550. The molecule has 0 fully saturated rings. The van der Waals surface area contributed by atoms with Gasteiger partial charge in [0.15, 0.2) is 0 Å². The predicted octanol–water partition coefficient (Wildman–Crippen LogP) is 1.20. The molecule has 1 aliphatic carbocycles. The highest BCUT2D eigenvalue weighted by Gasteiger charge is 2.15. The topological polar surface area (TPSA) is 73.2 Å². The van der Waals surface area contributed by atoms with Gasteiger partial charge in [-0.05, 0) is 12.8 Å². The SMILES string of the molecule is COC(=O)Cn1ncc(NC2CC=CC2)c(Cl)c1=O. The smallest absolute Gasteiger partial charge is 0.327 e. The van der Waals surface area contributed by atoms with Crippen LogP contribution in [0.3, 0.4) is 0 Å². The fourth-order valence-electron chi connectivity index (χ4n) is 1.82. The lowest BCUT2D eigenvalue weighted by molar-refractivity contribution is -0.141. The number of rotatable bonds is 4. The van der Waals surface area contributed by atoms with Crippen molar-refractivity contribution in [2.75, 3.05) is 12.4 Å². The Morgan fingerprint density at radius 1 is 1.58 bits per heavy atom. The molecular weight excluding hydrogens is 270 g/mol. The first kappa shape index (κ1) is 13.6. The molecule has 2 rings (SSSR count). The summed E-state index contributed by atoms with van der Waals surface area (Å²) in [5.41, 5.74) is -0.0236. The second-order valence-electron chi connectivity index (χ2n) is 4.20. The minimum absolute atomic E-state index is 0.0332. The second-order valence-corrected chi connectivity index (χ2v) is 4.57. The Morgan fingerprint density at radius 2 is 2.26 bits per heavy atom. The van der Waals surface area contributed by atoms with Gasteiger partial charge in [0.05, 0.1) is 19.0 Å². The van der Waals surface area contributed by atoms with Gasteiger partial charge in [-0.1, -0.05) is 23.8 Å². The Balaban J connectivity index is 2.17. The van der Waals surface area contributed by atoms with Crippen molar-refractivity contribution in [3.8, 4) is 0 Å². The van der Waals surface area contributed by atoms with Crippen molar-refractivity contribution in [2.45, 2.75) is 25.4 Å². The highest BCUT2D eigenvalue weighted by molar-refractivity contribution is 6.32. The average Bonchev–Trinajstić information content (AvgIpc) is 2.91. The zero-order valence-electron chi connectivity index (χ0n) is 10.4. The van der Waals surface area contributed by atoms with Crippen LogP contribution in [0, 0.1) is 0 Å². The Kier molecular flexibility index (Phi) is 4.21. The van der Waals surface area contributed by atoms with Crippen LogP contribution in [0.2, 0.25) is 5.02 Å². The first-order valence-corrected chi connectivity index (χ1v) is 6.23. The summed E-state index contributed by atoms with van der Waals surface area (Å²) in [6, 6.07) is 0.232. The fraction of sp³-hybridized carbons (Fsp3) is 0.417. The van der Waals surface area contributed by atoms with Gasteiger partial charge in [0.25, 0.3) is 5.56 Å². The van der Waals surface area contributed by atoms with Crippen LogP contribution in [0.4, 0.5) is 5.69 Å². The molecule has 0 amide bonds. The number of aromatic nitrogens is 2. The molecule has 0 saturated carbocycles. The third kappa shape index (κ3) is 3.14. The van der Waals surface area contributed by atoms with Crippen molar-refractivity contribution >= 4 is 23.3 Å². The van der Waals surface area contributed by atoms with E-state index in [1.54, 1.807) is 0 Å². The minimum Gasteiger partial charge on any atom is -0.468 e. The molecule has 1 aromatic heterocycles. The molecule has 19 heavy (non-hydrogen) atoms. The van der Waals surface area contributed by atoms with Crippen molar-refractivity contribution in [3.05, 3.63) is 33.7 Å². The van der Waals surface area contributed by atoms with Gasteiger partial charge in [-0.15, -0.1) is 0 Å². The average molecular weight is 284 g/mol. The number of nitrogens with zero attached hydrogens (tertiary/aromatic N) is 2. The van der Waals surface area contributed by atoms with Gasteiger partial charge < -0.3 is 10.1 Å². The molecule has 7 heteroatoms. The van der Waals surface area contributed by atoms with Crippen LogP contribution < -0.4 is 10.9 Å². The van der Waals surface area contributed by atoms with Crippen molar-refractivity contribution in [2.24, 2.45) is 0 Å². The van der Waals surface area contributed by atoms with E-state index in [0.717, 1.165) is 17.5 Å². The van der Waals surface area contributed by atoms with Crippen LogP contribution in [0.15, 0.2) is 23.1 Å². The molecule has 1 aliphatic rings. The maximum atomic E-state index is 11.9. The van der Waals surface area contributed by atoms with Gasteiger partial charge in [0, 0.05) is 6.04 Å². The molecule has 1 N–H and O–H groups in total. The first-order chi connectivity index (χ1) is 9.11. The predicted molar refractivity (Wildman–Crippen MR) is 71.3 cm³/mol. The van der Waals surface area contributed by atoms with Crippen molar-refractivity contribution in [1.82, 2.24) is 9.78 Å². The Bertz CT molecular complexity index is 560. The summed E-state index contributed by atoms with van der Waals surface area (Å²) in [6.07, 6.45) is 7.36. The molecule has 1 heterocycles. The first-order valence-electron chi connectivity index (χ1n) is 5.85. The van der Waals surface area contributed by atoms with Gasteiger partial charge in [-0.3, -0.25) is 9.59 Å². The van der Waals surface area contributed by atoms with Gasteiger partial charge in [0.2, 0.25) is 0 Å². The number of carbonyl (C=O) groups is 1. The number of carbonyl (C=O) groups excluding carboxylic acids is 1. The molecule has 0 aliphatic heterocycles. The van der Waals surface area contributed by atoms with Gasteiger partial charge in [0.1, 0.15) is 11.6 Å². The summed E-state index contributed by atoms with van der Waals surface area (Å²) in [6.45, 7) is -0.250. The molecule has 0 unspecified atom stereocenters. The third-order valence-electron chi connectivity index (χ3n) is 2.86. The van der Waals surface area contributed by atoms with E-state index in [2.05, 4.69) is 27.3 Å². The standard InChI is InChI=1S/C12H14ClN3O3/c1-19-10(17)7-16-12(18)11(13)9(6-14-16)15-8-4-2-3-5-8/h2-3,6,8,15H,4-5,7H2,1H3. The quantitative estimate of drug-likeness (QED) is 0.664. The van der Waals surface area contributed by atoms with Gasteiger partial charge in [-0.2, -0.15) is 5.10 Å². The number of methoxy groups -OCH3 is 1. The lowest BCUT2D eigenvalue weighted by Crippen LogP contribution is -2.29. The summed E-state index contributed by atoms with van der Waals surface area (Å²) in [7, 11) is 1.25. The molecule has 0 bridgehead atoms. The van der Waals surface area contributed by atoms with Crippen LogP contribution in [-0.2, 0) is 16.1 Å². The number of nitrogens with one attached hydrogen (secondary N) is 1. The molecule has 1 aromatic rings. The summed E-state index contributed by atoms with van der Waals surface area (Å²) in [4.78, 5) is 23.0. The van der Waals surface area contributed by atoms with E-state index in [9.17, 15) is 9.59 Å². The van der Waals surface area contributed by atoms with Crippen molar-refractivity contribution in [1.29, 1.82) is 0 Å². The van der Waals surface area contributed by atoms with Crippen LogP contribution in [0.5, 0.6) is 0 Å². The lowest BCUT2D eigenvalue weighted by atomic mass is 10.2. The Labute approximate surface area is 115 Å². The highest BCUT2D eigenvalue weighted by atomic mass is 35.5. The second kappa shape index (κ2) is 5.88. The number of halogens is 1. The number of ether oxygens (including phenoxy) is 1. The number of hydrogen-bond donors (Lipinski definition) is 1. The van der Waals surface area contributed by atoms with Crippen LogP contribution in [0.25, 0.3) is 0 Å². The van der Waals surface area contributed by atoms with Crippen LogP contribution in [-0.4, -0.2) is 28.9 Å². The zero-order valence-corrected chi connectivity index (χ0v) is 11.2. The maximum Gasteiger partial charge on any atom is 0.327 e. The molecular formula is C12H14ClN3O3. The Hall–Kier alpha value is -1.82. The van der Waals surface area contributed by atoms with Crippen molar-refractivity contribution < 1.29 is 9.53 Å². The van der Waals surface area contributed by atoms with Crippen LogP contribution >= 0.6 is 11.6 Å². The molecule has 0 atom stereocenters. The van der Waals surface area contributed by atoms with Gasteiger partial charge in [-0.25, -0.2) is 4.68 Å². The number of esters is 1. The molecule has 0 radical (unpaired) electrons. The largest absolute Gasteiger partial charge is 0.468 e. The molecule has 0 spiro atoms. The molecule has 0 saturated heterocycles. The highest BCUT2D eigenvalue weighted by Crippen LogP contribution is 2.20. The van der Waals surface area contributed by atoms with E-state index in [4.69, 9.17) is 11.6 Å². The number of hydrogen-bond acceptors (Lipinski definition) is 5.